The fraction of sp³-hybridized carbons (Fsp3) is 0.615. The van der Waals surface area contributed by atoms with Gasteiger partial charge in [-0.1, -0.05) is 6.42 Å². The summed E-state index contributed by atoms with van der Waals surface area (Å²) in [6.45, 7) is 1.59. The Balaban J connectivity index is 1.63. The first-order valence-corrected chi connectivity index (χ1v) is 6.87. The summed E-state index contributed by atoms with van der Waals surface area (Å²) < 4.78 is 1.87. The highest BCUT2D eigenvalue weighted by Gasteiger charge is 2.32. The molecule has 2 atom stereocenters. The van der Waals surface area contributed by atoms with Crippen LogP contribution in [0.5, 0.6) is 0 Å². The van der Waals surface area contributed by atoms with Crippen LogP contribution in [0.3, 0.4) is 0 Å². The van der Waals surface area contributed by atoms with E-state index in [1.54, 1.807) is 12.5 Å². The Labute approximate surface area is 117 Å². The average molecular weight is 280 g/mol. The zero-order valence-electron chi connectivity index (χ0n) is 11.3. The molecule has 1 saturated carbocycles. The molecule has 2 rings (SSSR count). The van der Waals surface area contributed by atoms with Crippen LogP contribution in [-0.2, 0) is 11.3 Å². The van der Waals surface area contributed by atoms with Gasteiger partial charge in [-0.15, -0.1) is 0 Å². The van der Waals surface area contributed by atoms with Crippen molar-refractivity contribution in [1.82, 2.24) is 20.2 Å². The van der Waals surface area contributed by atoms with Gasteiger partial charge < -0.3 is 20.3 Å². The van der Waals surface area contributed by atoms with Gasteiger partial charge in [0, 0.05) is 32.0 Å². The minimum atomic E-state index is -0.755. The summed E-state index contributed by atoms with van der Waals surface area (Å²) >= 11 is 0. The van der Waals surface area contributed by atoms with Gasteiger partial charge in [-0.2, -0.15) is 0 Å². The highest BCUT2D eigenvalue weighted by molar-refractivity contribution is 5.74. The van der Waals surface area contributed by atoms with E-state index in [0.29, 0.717) is 26.1 Å². The molecular weight excluding hydrogens is 260 g/mol. The molecule has 1 aliphatic carbocycles. The summed E-state index contributed by atoms with van der Waals surface area (Å²) in [5.74, 6) is -1.03. The highest BCUT2D eigenvalue weighted by Crippen LogP contribution is 2.31. The summed E-state index contributed by atoms with van der Waals surface area (Å²) in [6.07, 6.45) is 7.71. The van der Waals surface area contributed by atoms with Crippen LogP contribution in [0.2, 0.25) is 0 Å². The normalized spacial score (nSPS) is 21.6. The summed E-state index contributed by atoms with van der Waals surface area (Å²) in [7, 11) is 0. The van der Waals surface area contributed by atoms with Crippen molar-refractivity contribution in [2.24, 2.45) is 11.8 Å². The molecule has 110 valence electrons. The van der Waals surface area contributed by atoms with Crippen LogP contribution in [-0.4, -0.2) is 39.7 Å². The van der Waals surface area contributed by atoms with Crippen LogP contribution in [0.25, 0.3) is 0 Å². The van der Waals surface area contributed by atoms with Gasteiger partial charge in [0.1, 0.15) is 0 Å². The Morgan fingerprint density at radius 2 is 2.20 bits per heavy atom. The molecule has 1 aromatic heterocycles. The number of aromatic nitrogens is 2. The van der Waals surface area contributed by atoms with Crippen LogP contribution in [0.4, 0.5) is 4.79 Å². The molecule has 0 aromatic carbocycles. The fourth-order valence-corrected chi connectivity index (χ4v) is 2.61. The van der Waals surface area contributed by atoms with Gasteiger partial charge in [0.25, 0.3) is 0 Å². The van der Waals surface area contributed by atoms with Crippen LogP contribution in [0, 0.1) is 11.8 Å². The van der Waals surface area contributed by atoms with Crippen LogP contribution in [0.1, 0.15) is 19.3 Å². The summed E-state index contributed by atoms with van der Waals surface area (Å²) in [6, 6.07) is -0.249. The number of nitrogens with one attached hydrogen (secondary N) is 2. The standard InChI is InChI=1S/C13H20N4O3/c18-12(19)11-3-1-2-10(11)8-16-13(20)15-5-7-17-6-4-14-9-17/h4,6,9-11H,1-3,5,7-8H2,(H,18,19)(H2,15,16,20). The maximum absolute atomic E-state index is 11.6. The second-order valence-electron chi connectivity index (χ2n) is 5.07. The van der Waals surface area contributed by atoms with E-state index >= 15 is 0 Å². The van der Waals surface area contributed by atoms with Crippen molar-refractivity contribution >= 4 is 12.0 Å². The molecule has 20 heavy (non-hydrogen) atoms. The number of urea groups is 1. The molecule has 0 aliphatic heterocycles. The predicted molar refractivity (Wildman–Crippen MR) is 72.1 cm³/mol. The van der Waals surface area contributed by atoms with Crippen molar-refractivity contribution in [3.8, 4) is 0 Å². The van der Waals surface area contributed by atoms with Gasteiger partial charge in [-0.25, -0.2) is 9.78 Å². The smallest absolute Gasteiger partial charge is 0.314 e. The van der Waals surface area contributed by atoms with Crippen molar-refractivity contribution in [2.75, 3.05) is 13.1 Å². The first-order chi connectivity index (χ1) is 9.66. The molecule has 1 fully saturated rings. The number of carboxylic acid groups (broad SMARTS) is 1. The van der Waals surface area contributed by atoms with Gasteiger partial charge in [0.05, 0.1) is 12.2 Å². The lowest BCUT2D eigenvalue weighted by molar-refractivity contribution is -0.142. The molecule has 7 nitrogen and oxygen atoms in total. The second-order valence-corrected chi connectivity index (χ2v) is 5.07. The average Bonchev–Trinajstić information content (AvgIpc) is 3.07. The summed E-state index contributed by atoms with van der Waals surface area (Å²) in [5.41, 5.74) is 0. The third kappa shape index (κ3) is 3.97. The molecule has 0 spiro atoms. The minimum Gasteiger partial charge on any atom is -0.481 e. The summed E-state index contributed by atoms with van der Waals surface area (Å²) in [4.78, 5) is 26.5. The zero-order valence-corrected chi connectivity index (χ0v) is 11.3. The molecule has 1 aromatic rings. The quantitative estimate of drug-likeness (QED) is 0.714. The molecule has 1 aliphatic rings. The third-order valence-corrected chi connectivity index (χ3v) is 3.72. The minimum absolute atomic E-state index is 0.0481. The molecule has 0 bridgehead atoms. The van der Waals surface area contributed by atoms with Crippen molar-refractivity contribution in [3.63, 3.8) is 0 Å². The number of amides is 2. The van der Waals surface area contributed by atoms with E-state index in [0.717, 1.165) is 12.8 Å². The predicted octanol–water partition coefficient (Wildman–Crippen LogP) is 0.683. The van der Waals surface area contributed by atoms with E-state index in [1.165, 1.54) is 0 Å². The number of carbonyl (C=O) groups excluding carboxylic acids is 1. The monoisotopic (exact) mass is 280 g/mol. The Hall–Kier alpha value is -2.05. The molecule has 0 radical (unpaired) electrons. The summed E-state index contributed by atoms with van der Waals surface area (Å²) in [5, 5.41) is 14.6. The van der Waals surface area contributed by atoms with E-state index < -0.39 is 5.97 Å². The lowest BCUT2D eigenvalue weighted by Crippen LogP contribution is -2.40. The maximum Gasteiger partial charge on any atom is 0.314 e. The molecule has 3 N–H and O–H groups in total. The van der Waals surface area contributed by atoms with Crippen LogP contribution < -0.4 is 10.6 Å². The largest absolute Gasteiger partial charge is 0.481 e. The Kier molecular flexibility index (Phi) is 4.97. The van der Waals surface area contributed by atoms with E-state index in [9.17, 15) is 9.59 Å². The van der Waals surface area contributed by atoms with Gasteiger partial charge in [-0.05, 0) is 18.8 Å². The maximum atomic E-state index is 11.6. The van der Waals surface area contributed by atoms with Crippen molar-refractivity contribution in [3.05, 3.63) is 18.7 Å². The van der Waals surface area contributed by atoms with Crippen molar-refractivity contribution < 1.29 is 14.7 Å². The Morgan fingerprint density at radius 3 is 2.90 bits per heavy atom. The third-order valence-electron chi connectivity index (χ3n) is 3.72. The molecule has 2 amide bonds. The molecular formula is C13H20N4O3. The lowest BCUT2D eigenvalue weighted by Gasteiger charge is -2.16. The number of aliphatic carboxylic acids is 1. The number of hydrogen-bond donors (Lipinski definition) is 3. The van der Waals surface area contributed by atoms with Crippen LogP contribution in [0.15, 0.2) is 18.7 Å². The molecule has 7 heteroatoms. The topological polar surface area (TPSA) is 96.3 Å². The first-order valence-electron chi connectivity index (χ1n) is 6.87. The Morgan fingerprint density at radius 1 is 1.35 bits per heavy atom. The van der Waals surface area contributed by atoms with Gasteiger partial charge >= 0.3 is 12.0 Å². The van der Waals surface area contributed by atoms with Gasteiger partial charge in [-0.3, -0.25) is 4.79 Å². The van der Waals surface area contributed by atoms with E-state index in [-0.39, 0.29) is 17.9 Å². The van der Waals surface area contributed by atoms with E-state index in [1.807, 2.05) is 10.8 Å². The van der Waals surface area contributed by atoms with Crippen LogP contribution >= 0.6 is 0 Å². The second kappa shape index (κ2) is 6.93. The van der Waals surface area contributed by atoms with Gasteiger partial charge in [0.15, 0.2) is 0 Å². The zero-order chi connectivity index (χ0) is 14.4. The van der Waals surface area contributed by atoms with Gasteiger partial charge in [0.2, 0.25) is 0 Å². The van der Waals surface area contributed by atoms with Crippen molar-refractivity contribution in [1.29, 1.82) is 0 Å². The molecule has 1 heterocycles. The number of hydrogen-bond acceptors (Lipinski definition) is 3. The number of imidazole rings is 1. The number of carboxylic acids is 1. The lowest BCUT2D eigenvalue weighted by atomic mass is 9.96. The first kappa shape index (κ1) is 14.4. The van der Waals surface area contributed by atoms with E-state index in [4.69, 9.17) is 5.11 Å². The molecule has 0 saturated heterocycles. The Bertz CT molecular complexity index is 446. The fourth-order valence-electron chi connectivity index (χ4n) is 2.61. The van der Waals surface area contributed by atoms with E-state index in [2.05, 4.69) is 15.6 Å². The number of nitrogens with zero attached hydrogens (tertiary/aromatic N) is 2. The number of carbonyl (C=O) groups is 2. The molecule has 2 unspecified atom stereocenters. The highest BCUT2D eigenvalue weighted by atomic mass is 16.4. The van der Waals surface area contributed by atoms with Crippen molar-refractivity contribution in [2.45, 2.75) is 25.8 Å². The number of rotatable bonds is 6. The SMILES string of the molecule is O=C(NCCn1ccnc1)NCC1CCCC1C(=O)O.